The van der Waals surface area contributed by atoms with Crippen molar-refractivity contribution in [3.8, 4) is 0 Å². The maximum Gasteiger partial charge on any atom is 0.249 e. The van der Waals surface area contributed by atoms with Crippen LogP contribution in [0.3, 0.4) is 0 Å². The van der Waals surface area contributed by atoms with Crippen LogP contribution in [0.15, 0.2) is 72.8 Å². The third-order valence-corrected chi connectivity index (χ3v) is 7.29. The van der Waals surface area contributed by atoms with E-state index >= 15 is 0 Å². The van der Waals surface area contributed by atoms with Crippen molar-refractivity contribution in [3.05, 3.63) is 83.9 Å². The van der Waals surface area contributed by atoms with Gasteiger partial charge in [-0.1, -0.05) is 29.5 Å². The van der Waals surface area contributed by atoms with Crippen molar-refractivity contribution in [2.45, 2.75) is 38.5 Å². The fraction of sp³-hybridized carbons (Fsp3) is 0.323. The summed E-state index contributed by atoms with van der Waals surface area (Å²) in [7, 11) is 3.88. The summed E-state index contributed by atoms with van der Waals surface area (Å²) in [5, 5.41) is 11.4. The average Bonchev–Trinajstić information content (AvgIpc) is 3.65. The Morgan fingerprint density at radius 1 is 1.00 bits per heavy atom. The zero-order chi connectivity index (χ0) is 28.9. The van der Waals surface area contributed by atoms with E-state index in [9.17, 15) is 14.4 Å². The molecule has 2 unspecified atom stereocenters. The summed E-state index contributed by atoms with van der Waals surface area (Å²) < 4.78 is 7.25. The van der Waals surface area contributed by atoms with Crippen LogP contribution in [-0.2, 0) is 20.9 Å². The standard InChI is InChI=1S/C31H34N6O4/c1-21(38)22-10-16-25(17-11-22)37(29(39)20-36-28-9-5-4-8-27(28)33-34-36)30(23-12-14-24(15-13-23)35(2)3)31(40)32-19-26-7-6-18-41-26/h4-5,8-17,26,30H,6-7,18-20H2,1-3H3,(H,32,40). The Bertz CT molecular complexity index is 1520. The van der Waals surface area contributed by atoms with Gasteiger partial charge in [-0.2, -0.15) is 0 Å². The van der Waals surface area contributed by atoms with Crippen molar-refractivity contribution in [2.75, 3.05) is 37.0 Å². The number of para-hydroxylation sites is 1. The van der Waals surface area contributed by atoms with Gasteiger partial charge in [0.2, 0.25) is 11.8 Å². The van der Waals surface area contributed by atoms with Gasteiger partial charge in [-0.05, 0) is 73.9 Å². The molecular formula is C31H34N6O4. The average molecular weight is 555 g/mol. The van der Waals surface area contributed by atoms with Gasteiger partial charge in [0.15, 0.2) is 5.78 Å². The van der Waals surface area contributed by atoms with Gasteiger partial charge in [0.05, 0.1) is 11.6 Å². The summed E-state index contributed by atoms with van der Waals surface area (Å²) in [5.74, 6) is -0.774. The highest BCUT2D eigenvalue weighted by molar-refractivity contribution is 6.02. The number of carbonyl (C=O) groups is 3. The summed E-state index contributed by atoms with van der Waals surface area (Å²) in [6, 6.07) is 20.7. The van der Waals surface area contributed by atoms with Crippen molar-refractivity contribution in [1.29, 1.82) is 0 Å². The van der Waals surface area contributed by atoms with Crippen molar-refractivity contribution in [3.63, 3.8) is 0 Å². The third-order valence-electron chi connectivity index (χ3n) is 7.29. The van der Waals surface area contributed by atoms with Gasteiger partial charge in [0.1, 0.15) is 18.1 Å². The van der Waals surface area contributed by atoms with Crippen LogP contribution in [0.4, 0.5) is 11.4 Å². The first-order valence-corrected chi connectivity index (χ1v) is 13.7. The summed E-state index contributed by atoms with van der Waals surface area (Å²) in [6.07, 6.45) is 1.77. The van der Waals surface area contributed by atoms with Gasteiger partial charge < -0.3 is 15.0 Å². The lowest BCUT2D eigenvalue weighted by atomic mass is 10.0. The molecule has 0 saturated carbocycles. The molecule has 41 heavy (non-hydrogen) atoms. The van der Waals surface area contributed by atoms with E-state index in [-0.39, 0.29) is 30.2 Å². The molecule has 1 fully saturated rings. The highest BCUT2D eigenvalue weighted by atomic mass is 16.5. The number of nitrogens with one attached hydrogen (secondary N) is 1. The Balaban J connectivity index is 1.56. The van der Waals surface area contributed by atoms with E-state index in [1.54, 1.807) is 24.3 Å². The van der Waals surface area contributed by atoms with Crippen LogP contribution in [0.25, 0.3) is 11.0 Å². The highest BCUT2D eigenvalue weighted by Gasteiger charge is 2.34. The third kappa shape index (κ3) is 6.28. The molecule has 0 spiro atoms. The smallest absolute Gasteiger partial charge is 0.249 e. The van der Waals surface area contributed by atoms with Crippen LogP contribution in [-0.4, -0.2) is 65.9 Å². The number of amides is 2. The van der Waals surface area contributed by atoms with Gasteiger partial charge in [-0.3, -0.25) is 19.3 Å². The first-order valence-electron chi connectivity index (χ1n) is 13.7. The Morgan fingerprint density at radius 3 is 2.37 bits per heavy atom. The van der Waals surface area contributed by atoms with E-state index in [1.807, 2.05) is 67.5 Å². The molecule has 3 aromatic carbocycles. The first kappa shape index (κ1) is 28.0. The Kier molecular flexibility index (Phi) is 8.39. The van der Waals surface area contributed by atoms with E-state index in [0.717, 1.165) is 18.5 Å². The molecule has 1 N–H and O–H groups in total. The second-order valence-corrected chi connectivity index (χ2v) is 10.4. The Labute approximate surface area is 238 Å². The second-order valence-electron chi connectivity index (χ2n) is 10.4. The first-order chi connectivity index (χ1) is 19.8. The molecule has 212 valence electrons. The molecule has 0 aliphatic carbocycles. The van der Waals surface area contributed by atoms with Gasteiger partial charge in [0.25, 0.3) is 0 Å². The number of rotatable bonds is 10. The predicted octanol–water partition coefficient (Wildman–Crippen LogP) is 3.77. The maximum atomic E-state index is 14.2. The quantitative estimate of drug-likeness (QED) is 0.297. The van der Waals surface area contributed by atoms with Gasteiger partial charge >= 0.3 is 0 Å². The van der Waals surface area contributed by atoms with E-state index < -0.39 is 6.04 Å². The zero-order valence-corrected chi connectivity index (χ0v) is 23.5. The second kappa shape index (κ2) is 12.3. The molecular weight excluding hydrogens is 520 g/mol. The van der Waals surface area contributed by atoms with Crippen molar-refractivity contribution in [2.24, 2.45) is 0 Å². The largest absolute Gasteiger partial charge is 0.378 e. The Morgan fingerprint density at radius 2 is 1.71 bits per heavy atom. The lowest BCUT2D eigenvalue weighted by Gasteiger charge is -2.32. The minimum atomic E-state index is -0.988. The van der Waals surface area contributed by atoms with E-state index in [1.165, 1.54) is 16.5 Å². The van der Waals surface area contributed by atoms with Crippen LogP contribution < -0.4 is 15.1 Å². The zero-order valence-electron chi connectivity index (χ0n) is 23.5. The molecule has 1 aliphatic heterocycles. The van der Waals surface area contributed by atoms with Crippen LogP contribution >= 0.6 is 0 Å². The molecule has 0 bridgehead atoms. The van der Waals surface area contributed by atoms with E-state index in [4.69, 9.17) is 4.74 Å². The molecule has 1 aliphatic rings. The normalized spacial score (nSPS) is 15.4. The molecule has 2 amide bonds. The topological polar surface area (TPSA) is 110 Å². The van der Waals surface area contributed by atoms with Crippen LogP contribution in [0.2, 0.25) is 0 Å². The molecule has 10 heteroatoms. The predicted molar refractivity (Wildman–Crippen MR) is 157 cm³/mol. The maximum absolute atomic E-state index is 14.2. The number of ether oxygens (including phenoxy) is 1. The molecule has 2 heterocycles. The molecule has 0 radical (unpaired) electrons. The summed E-state index contributed by atoms with van der Waals surface area (Å²) in [6.45, 7) is 2.38. The number of hydrogen-bond acceptors (Lipinski definition) is 7. The number of carbonyl (C=O) groups excluding carboxylic acids is 3. The molecule has 10 nitrogen and oxygen atoms in total. The monoisotopic (exact) mass is 554 g/mol. The van der Waals surface area contributed by atoms with Crippen molar-refractivity contribution >= 4 is 40.0 Å². The summed E-state index contributed by atoms with van der Waals surface area (Å²) in [4.78, 5) is 43.6. The van der Waals surface area contributed by atoms with Gasteiger partial charge in [-0.25, -0.2) is 4.68 Å². The van der Waals surface area contributed by atoms with E-state index in [2.05, 4.69) is 15.6 Å². The number of nitrogens with zero attached hydrogens (tertiary/aromatic N) is 5. The summed E-state index contributed by atoms with van der Waals surface area (Å²) >= 11 is 0. The SMILES string of the molecule is CC(=O)c1ccc(N(C(=O)Cn2nnc3ccccc32)C(C(=O)NCC2CCCO2)c2ccc(N(C)C)cc2)cc1. The fourth-order valence-corrected chi connectivity index (χ4v) is 5.02. The van der Waals surface area contributed by atoms with Crippen LogP contribution in [0, 0.1) is 0 Å². The van der Waals surface area contributed by atoms with Gasteiger partial charge in [0, 0.05) is 44.2 Å². The Hall–Kier alpha value is -4.57. The number of ketones is 1. The fourth-order valence-electron chi connectivity index (χ4n) is 5.02. The molecule has 2 atom stereocenters. The number of anilines is 2. The van der Waals surface area contributed by atoms with Crippen molar-refractivity contribution < 1.29 is 19.1 Å². The molecule has 1 aromatic heterocycles. The minimum Gasteiger partial charge on any atom is -0.378 e. The minimum absolute atomic E-state index is 0.0590. The summed E-state index contributed by atoms with van der Waals surface area (Å²) in [5.41, 5.74) is 3.99. The highest BCUT2D eigenvalue weighted by Crippen LogP contribution is 2.30. The van der Waals surface area contributed by atoms with Crippen LogP contribution in [0.5, 0.6) is 0 Å². The number of fused-ring (bicyclic) bond motifs is 1. The lowest BCUT2D eigenvalue weighted by molar-refractivity contribution is -0.127. The van der Waals surface area contributed by atoms with Crippen LogP contribution in [0.1, 0.15) is 41.7 Å². The van der Waals surface area contributed by atoms with E-state index in [0.29, 0.717) is 41.0 Å². The number of Topliss-reactive ketones (excluding diaryl/α,β-unsaturated/α-hetero) is 1. The molecule has 1 saturated heterocycles. The van der Waals surface area contributed by atoms with Crippen molar-refractivity contribution in [1.82, 2.24) is 20.3 Å². The van der Waals surface area contributed by atoms with Gasteiger partial charge in [-0.15, -0.1) is 5.10 Å². The number of benzene rings is 3. The lowest BCUT2D eigenvalue weighted by Crippen LogP contribution is -2.46. The number of hydrogen-bond donors (Lipinski definition) is 1. The number of aromatic nitrogens is 3. The molecule has 4 aromatic rings. The molecule has 5 rings (SSSR count).